The molecule has 0 atom stereocenters. The smallest absolute Gasteiger partial charge is 0.170 e. The Kier molecular flexibility index (Phi) is 3.38. The first-order chi connectivity index (χ1) is 8.22. The second-order valence-electron chi connectivity index (χ2n) is 2.95. The fourth-order valence-corrected chi connectivity index (χ4v) is 2.26. The average Bonchev–Trinajstić information content (AvgIpc) is 2.94. The van der Waals surface area contributed by atoms with Crippen molar-refractivity contribution in [3.63, 3.8) is 0 Å². The quantitative estimate of drug-likeness (QED) is 0.795. The summed E-state index contributed by atoms with van der Waals surface area (Å²) in [6, 6.07) is 7.18. The van der Waals surface area contributed by atoms with Crippen molar-refractivity contribution in [1.82, 2.24) is 4.98 Å². The molecule has 0 aliphatic rings. The van der Waals surface area contributed by atoms with Crippen LogP contribution in [0.2, 0.25) is 0 Å². The van der Waals surface area contributed by atoms with Crippen molar-refractivity contribution in [1.29, 1.82) is 10.5 Å². The molecule has 2 rings (SSSR count). The summed E-state index contributed by atoms with van der Waals surface area (Å²) >= 11 is 4.57. The van der Waals surface area contributed by atoms with Crippen molar-refractivity contribution in [3.05, 3.63) is 33.4 Å². The van der Waals surface area contributed by atoms with Crippen molar-refractivity contribution in [2.24, 2.45) is 0 Å². The molecule has 0 radical (unpaired) electrons. The molecule has 0 aliphatic carbocycles. The Morgan fingerprint density at radius 3 is 2.76 bits per heavy atom. The van der Waals surface area contributed by atoms with Crippen LogP contribution in [0.1, 0.15) is 4.88 Å². The molecule has 0 amide bonds. The number of halogens is 1. The second kappa shape index (κ2) is 4.96. The largest absolute Gasteiger partial charge is 0.447 e. The van der Waals surface area contributed by atoms with Crippen molar-refractivity contribution in [2.45, 2.75) is 0 Å². The molecule has 2 aromatic heterocycles. The standard InChI is InChI=1S/C11H4BrN3OS/c12-10-2-1-9(16-10)11-15-6-8(17-11)3-7(4-13)5-14/h1-3,6H. The van der Waals surface area contributed by atoms with Gasteiger partial charge in [0.15, 0.2) is 15.4 Å². The summed E-state index contributed by atoms with van der Waals surface area (Å²) in [5.74, 6) is 0.650. The number of allylic oxidation sites excluding steroid dienone is 1. The highest BCUT2D eigenvalue weighted by atomic mass is 79.9. The average molecular weight is 306 g/mol. The Bertz CT molecular complexity index is 641. The van der Waals surface area contributed by atoms with E-state index in [9.17, 15) is 0 Å². The normalized spacial score (nSPS) is 9.35. The third-order valence-corrected chi connectivity index (χ3v) is 3.22. The van der Waals surface area contributed by atoms with Gasteiger partial charge < -0.3 is 4.42 Å². The van der Waals surface area contributed by atoms with Crippen molar-refractivity contribution in [3.8, 4) is 22.9 Å². The van der Waals surface area contributed by atoms with Gasteiger partial charge in [0.25, 0.3) is 0 Å². The van der Waals surface area contributed by atoms with Gasteiger partial charge in [-0.25, -0.2) is 4.98 Å². The molecule has 2 heterocycles. The maximum absolute atomic E-state index is 8.63. The second-order valence-corrected chi connectivity index (χ2v) is 4.80. The fourth-order valence-electron chi connectivity index (χ4n) is 1.13. The van der Waals surface area contributed by atoms with Gasteiger partial charge in [0.1, 0.15) is 17.7 Å². The molecule has 0 bridgehead atoms. The van der Waals surface area contributed by atoms with Crippen LogP contribution in [0.4, 0.5) is 0 Å². The van der Waals surface area contributed by atoms with Crippen LogP contribution in [0.5, 0.6) is 0 Å². The molecule has 4 nitrogen and oxygen atoms in total. The number of rotatable bonds is 2. The van der Waals surface area contributed by atoms with Crippen molar-refractivity contribution < 1.29 is 4.42 Å². The Morgan fingerprint density at radius 2 is 2.18 bits per heavy atom. The lowest BCUT2D eigenvalue weighted by atomic mass is 10.3. The van der Waals surface area contributed by atoms with Crippen LogP contribution < -0.4 is 0 Å². The first kappa shape index (κ1) is 11.6. The van der Waals surface area contributed by atoms with E-state index in [1.54, 1.807) is 30.5 Å². The predicted octanol–water partition coefficient (Wildman–Crippen LogP) is 3.60. The molecular weight excluding hydrogens is 302 g/mol. The molecule has 17 heavy (non-hydrogen) atoms. The maximum atomic E-state index is 8.63. The highest BCUT2D eigenvalue weighted by Gasteiger charge is 2.08. The third kappa shape index (κ3) is 2.62. The van der Waals surface area contributed by atoms with Crippen LogP contribution in [-0.4, -0.2) is 4.98 Å². The SMILES string of the molecule is N#CC(C#N)=Cc1cnc(-c2ccc(Br)o2)s1. The van der Waals surface area contributed by atoms with E-state index in [4.69, 9.17) is 14.9 Å². The Morgan fingerprint density at radius 1 is 1.41 bits per heavy atom. The molecule has 0 aromatic carbocycles. The lowest BCUT2D eigenvalue weighted by Crippen LogP contribution is -1.69. The zero-order chi connectivity index (χ0) is 12.3. The van der Waals surface area contributed by atoms with Crippen LogP contribution in [0.25, 0.3) is 16.8 Å². The van der Waals surface area contributed by atoms with E-state index in [1.165, 1.54) is 17.4 Å². The number of nitriles is 2. The summed E-state index contributed by atoms with van der Waals surface area (Å²) in [5.41, 5.74) is 0.0563. The van der Waals surface area contributed by atoms with Crippen LogP contribution >= 0.6 is 27.3 Å². The summed E-state index contributed by atoms with van der Waals surface area (Å²) in [5, 5.41) is 18.0. The molecule has 0 spiro atoms. The molecule has 0 saturated carbocycles. The number of nitrogens with zero attached hydrogens (tertiary/aromatic N) is 3. The number of hydrogen-bond acceptors (Lipinski definition) is 5. The molecule has 82 valence electrons. The van der Waals surface area contributed by atoms with Crippen LogP contribution in [-0.2, 0) is 0 Å². The predicted molar refractivity (Wildman–Crippen MR) is 66.7 cm³/mol. The zero-order valence-corrected chi connectivity index (χ0v) is 10.7. The minimum absolute atomic E-state index is 0.0563. The van der Waals surface area contributed by atoms with Gasteiger partial charge in [-0.2, -0.15) is 10.5 Å². The van der Waals surface area contributed by atoms with Gasteiger partial charge >= 0.3 is 0 Å². The fraction of sp³-hybridized carbons (Fsp3) is 0. The van der Waals surface area contributed by atoms with Crippen molar-refractivity contribution >= 4 is 33.3 Å². The van der Waals surface area contributed by atoms with E-state index in [0.717, 1.165) is 4.88 Å². The summed E-state index contributed by atoms with van der Waals surface area (Å²) < 4.78 is 5.99. The molecule has 0 saturated heterocycles. The number of thiazole rings is 1. The van der Waals surface area contributed by atoms with E-state index < -0.39 is 0 Å². The number of hydrogen-bond donors (Lipinski definition) is 0. The Hall–Kier alpha value is -1.89. The minimum atomic E-state index is 0.0563. The molecule has 2 aromatic rings. The lowest BCUT2D eigenvalue weighted by Gasteiger charge is -1.86. The monoisotopic (exact) mass is 305 g/mol. The number of aromatic nitrogens is 1. The van der Waals surface area contributed by atoms with Crippen molar-refractivity contribution in [2.75, 3.05) is 0 Å². The minimum Gasteiger partial charge on any atom is -0.447 e. The highest BCUT2D eigenvalue weighted by Crippen LogP contribution is 2.29. The Balaban J connectivity index is 2.32. The number of furan rings is 1. The summed E-state index contributed by atoms with van der Waals surface area (Å²) in [7, 11) is 0. The van der Waals surface area contributed by atoms with Gasteiger partial charge in [0.05, 0.1) is 0 Å². The molecule has 0 aliphatic heterocycles. The Labute approximate surface area is 110 Å². The van der Waals surface area contributed by atoms with E-state index in [2.05, 4.69) is 20.9 Å². The molecule has 0 unspecified atom stereocenters. The van der Waals surface area contributed by atoms with Gasteiger partial charge in [-0.3, -0.25) is 0 Å². The van der Waals surface area contributed by atoms with Crippen LogP contribution in [0, 0.1) is 22.7 Å². The van der Waals surface area contributed by atoms with Gasteiger partial charge in [-0.1, -0.05) is 0 Å². The van der Waals surface area contributed by atoms with Gasteiger partial charge in [0, 0.05) is 11.1 Å². The maximum Gasteiger partial charge on any atom is 0.170 e. The zero-order valence-electron chi connectivity index (χ0n) is 8.35. The van der Waals surface area contributed by atoms with E-state index in [-0.39, 0.29) is 5.57 Å². The van der Waals surface area contributed by atoms with Gasteiger partial charge in [-0.15, -0.1) is 11.3 Å². The molecule has 6 heteroatoms. The molecule has 0 fully saturated rings. The highest BCUT2D eigenvalue weighted by molar-refractivity contribution is 9.10. The van der Waals surface area contributed by atoms with E-state index in [0.29, 0.717) is 15.4 Å². The van der Waals surface area contributed by atoms with E-state index >= 15 is 0 Å². The van der Waals surface area contributed by atoms with Crippen LogP contribution in [0.3, 0.4) is 0 Å². The lowest BCUT2D eigenvalue weighted by molar-refractivity contribution is 0.555. The molecular formula is C11H4BrN3OS. The summed E-state index contributed by atoms with van der Waals surface area (Å²) in [4.78, 5) is 4.90. The topological polar surface area (TPSA) is 73.6 Å². The third-order valence-electron chi connectivity index (χ3n) is 1.84. The summed E-state index contributed by atoms with van der Waals surface area (Å²) in [6.45, 7) is 0. The van der Waals surface area contributed by atoms with Crippen LogP contribution in [0.15, 0.2) is 33.0 Å². The first-order valence-electron chi connectivity index (χ1n) is 4.46. The molecule has 0 N–H and O–H groups in total. The van der Waals surface area contributed by atoms with E-state index in [1.807, 2.05) is 0 Å². The van der Waals surface area contributed by atoms with Gasteiger partial charge in [-0.05, 0) is 34.1 Å². The summed E-state index contributed by atoms with van der Waals surface area (Å²) in [6.07, 6.45) is 3.10. The van der Waals surface area contributed by atoms with Gasteiger partial charge in [0.2, 0.25) is 0 Å². The first-order valence-corrected chi connectivity index (χ1v) is 6.07.